The van der Waals surface area contributed by atoms with Gasteiger partial charge in [-0.25, -0.2) is 0 Å². The Labute approximate surface area is 138 Å². The van der Waals surface area contributed by atoms with Crippen molar-refractivity contribution in [1.29, 1.82) is 0 Å². The van der Waals surface area contributed by atoms with Crippen molar-refractivity contribution >= 4 is 5.91 Å². The molecular weight excluding hydrogens is 286 g/mol. The lowest BCUT2D eigenvalue weighted by atomic mass is 10.00. The van der Waals surface area contributed by atoms with E-state index in [-0.39, 0.29) is 11.9 Å². The first-order valence-corrected chi connectivity index (χ1v) is 7.73. The number of nitrogens with one attached hydrogen (secondary N) is 1. The van der Waals surface area contributed by atoms with Gasteiger partial charge < -0.3 is 10.1 Å². The molecule has 2 aromatic carbocycles. The number of rotatable bonds is 6. The Kier molecular flexibility index (Phi) is 5.58. The third-order valence-corrected chi connectivity index (χ3v) is 3.72. The van der Waals surface area contributed by atoms with Crippen LogP contribution < -0.4 is 10.1 Å². The molecule has 23 heavy (non-hydrogen) atoms. The van der Waals surface area contributed by atoms with Crippen LogP contribution in [0.25, 0.3) is 0 Å². The van der Waals surface area contributed by atoms with Gasteiger partial charge in [0, 0.05) is 5.56 Å². The van der Waals surface area contributed by atoms with Gasteiger partial charge in [0.25, 0.3) is 5.91 Å². The Balaban J connectivity index is 2.04. The van der Waals surface area contributed by atoms with Gasteiger partial charge in [-0.1, -0.05) is 36.4 Å². The Morgan fingerprint density at radius 3 is 2.52 bits per heavy atom. The molecule has 0 aliphatic carbocycles. The molecule has 1 atom stereocenters. The van der Waals surface area contributed by atoms with Crippen molar-refractivity contribution in [3.63, 3.8) is 0 Å². The summed E-state index contributed by atoms with van der Waals surface area (Å²) in [5, 5.41) is 3.04. The highest BCUT2D eigenvalue weighted by Gasteiger charge is 2.13. The molecule has 0 aromatic heterocycles. The second-order valence-electron chi connectivity index (χ2n) is 5.68. The standard InChI is InChI=1S/C20H23NO2/c1-5-12-23-18-9-7-17(8-10-18)20(22)21-16(4)19-11-6-14(2)13-15(19)3/h5-11,13,16H,1,12H2,2-4H3,(H,21,22). The first-order valence-electron chi connectivity index (χ1n) is 7.73. The SMILES string of the molecule is C=CCOc1ccc(C(=O)NC(C)c2ccc(C)cc2C)cc1. The van der Waals surface area contributed by atoms with E-state index in [2.05, 4.69) is 43.9 Å². The van der Waals surface area contributed by atoms with Crippen LogP contribution in [0.2, 0.25) is 0 Å². The summed E-state index contributed by atoms with van der Waals surface area (Å²) in [6.07, 6.45) is 1.69. The molecule has 1 amide bonds. The quantitative estimate of drug-likeness (QED) is 0.805. The smallest absolute Gasteiger partial charge is 0.251 e. The average Bonchev–Trinajstić information content (AvgIpc) is 2.53. The van der Waals surface area contributed by atoms with Gasteiger partial charge in [-0.3, -0.25) is 4.79 Å². The molecule has 0 saturated carbocycles. The van der Waals surface area contributed by atoms with Gasteiger partial charge >= 0.3 is 0 Å². The van der Waals surface area contributed by atoms with Gasteiger partial charge in [0.1, 0.15) is 12.4 Å². The number of amides is 1. The van der Waals surface area contributed by atoms with Crippen molar-refractivity contribution in [2.75, 3.05) is 6.61 Å². The molecule has 2 rings (SSSR count). The second-order valence-corrected chi connectivity index (χ2v) is 5.68. The number of hydrogen-bond acceptors (Lipinski definition) is 2. The maximum absolute atomic E-state index is 12.4. The first-order chi connectivity index (χ1) is 11.0. The fourth-order valence-electron chi connectivity index (χ4n) is 2.53. The maximum Gasteiger partial charge on any atom is 0.251 e. The maximum atomic E-state index is 12.4. The summed E-state index contributed by atoms with van der Waals surface area (Å²) >= 11 is 0. The van der Waals surface area contributed by atoms with Gasteiger partial charge in [0.2, 0.25) is 0 Å². The summed E-state index contributed by atoms with van der Waals surface area (Å²) in [4.78, 5) is 12.4. The average molecular weight is 309 g/mol. The number of ether oxygens (including phenoxy) is 1. The normalized spacial score (nSPS) is 11.6. The van der Waals surface area contributed by atoms with Crippen LogP contribution in [0.3, 0.4) is 0 Å². The summed E-state index contributed by atoms with van der Waals surface area (Å²) in [5.74, 6) is 0.636. The molecule has 2 aromatic rings. The van der Waals surface area contributed by atoms with E-state index in [1.807, 2.05) is 6.92 Å². The minimum absolute atomic E-state index is 0.0419. The summed E-state index contributed by atoms with van der Waals surface area (Å²) in [5.41, 5.74) is 4.16. The Morgan fingerprint density at radius 1 is 1.22 bits per heavy atom. The highest BCUT2D eigenvalue weighted by atomic mass is 16.5. The number of benzene rings is 2. The fourth-order valence-corrected chi connectivity index (χ4v) is 2.53. The zero-order valence-corrected chi connectivity index (χ0v) is 13.9. The third kappa shape index (κ3) is 4.46. The molecule has 0 heterocycles. The van der Waals surface area contributed by atoms with Gasteiger partial charge in [-0.05, 0) is 56.2 Å². The number of aryl methyl sites for hydroxylation is 2. The lowest BCUT2D eigenvalue weighted by Crippen LogP contribution is -2.27. The predicted molar refractivity (Wildman–Crippen MR) is 93.9 cm³/mol. The van der Waals surface area contributed by atoms with Crippen LogP contribution in [0.1, 0.15) is 40.0 Å². The predicted octanol–water partition coefficient (Wildman–Crippen LogP) is 4.36. The summed E-state index contributed by atoms with van der Waals surface area (Å²) in [7, 11) is 0. The van der Waals surface area contributed by atoms with E-state index in [4.69, 9.17) is 4.74 Å². The van der Waals surface area contributed by atoms with E-state index >= 15 is 0 Å². The zero-order chi connectivity index (χ0) is 16.8. The Hall–Kier alpha value is -2.55. The van der Waals surface area contributed by atoms with Gasteiger partial charge in [-0.2, -0.15) is 0 Å². The largest absolute Gasteiger partial charge is 0.490 e. The lowest BCUT2D eigenvalue weighted by molar-refractivity contribution is 0.0940. The number of carbonyl (C=O) groups excluding carboxylic acids is 1. The van der Waals surface area contributed by atoms with Crippen LogP contribution in [0.4, 0.5) is 0 Å². The molecular formula is C20H23NO2. The fraction of sp³-hybridized carbons (Fsp3) is 0.250. The molecule has 0 aliphatic heterocycles. The molecule has 120 valence electrons. The van der Waals surface area contributed by atoms with E-state index < -0.39 is 0 Å². The van der Waals surface area contributed by atoms with Gasteiger partial charge in [0.05, 0.1) is 6.04 Å². The van der Waals surface area contributed by atoms with Crippen molar-refractivity contribution in [3.05, 3.63) is 77.4 Å². The first kappa shape index (κ1) is 16.8. The highest BCUT2D eigenvalue weighted by Crippen LogP contribution is 2.19. The molecule has 0 bridgehead atoms. The minimum Gasteiger partial charge on any atom is -0.490 e. The van der Waals surface area contributed by atoms with Gasteiger partial charge in [0.15, 0.2) is 0 Å². The second kappa shape index (κ2) is 7.63. The molecule has 3 heteroatoms. The van der Waals surface area contributed by atoms with Crippen LogP contribution in [-0.4, -0.2) is 12.5 Å². The van der Waals surface area contributed by atoms with Crippen LogP contribution in [0.15, 0.2) is 55.1 Å². The summed E-state index contributed by atoms with van der Waals surface area (Å²) in [6, 6.07) is 13.3. The number of carbonyl (C=O) groups is 1. The molecule has 0 radical (unpaired) electrons. The molecule has 1 unspecified atom stereocenters. The molecule has 0 spiro atoms. The van der Waals surface area contributed by atoms with Crippen LogP contribution >= 0.6 is 0 Å². The van der Waals surface area contributed by atoms with Crippen molar-refractivity contribution in [3.8, 4) is 5.75 Å². The molecule has 0 aliphatic rings. The van der Waals surface area contributed by atoms with Crippen molar-refractivity contribution in [1.82, 2.24) is 5.32 Å². The van der Waals surface area contributed by atoms with E-state index in [1.54, 1.807) is 30.3 Å². The minimum atomic E-state index is -0.0901. The van der Waals surface area contributed by atoms with Gasteiger partial charge in [-0.15, -0.1) is 0 Å². The van der Waals surface area contributed by atoms with E-state index in [0.29, 0.717) is 12.2 Å². The zero-order valence-electron chi connectivity index (χ0n) is 13.9. The van der Waals surface area contributed by atoms with Crippen molar-refractivity contribution < 1.29 is 9.53 Å². The van der Waals surface area contributed by atoms with Crippen LogP contribution in [0.5, 0.6) is 5.75 Å². The van der Waals surface area contributed by atoms with Crippen LogP contribution in [-0.2, 0) is 0 Å². The van der Waals surface area contributed by atoms with Crippen molar-refractivity contribution in [2.45, 2.75) is 26.8 Å². The summed E-state index contributed by atoms with van der Waals surface area (Å²) < 4.78 is 5.42. The summed E-state index contributed by atoms with van der Waals surface area (Å²) in [6.45, 7) is 10.2. The van der Waals surface area contributed by atoms with E-state index in [1.165, 1.54) is 11.1 Å². The topological polar surface area (TPSA) is 38.3 Å². The monoisotopic (exact) mass is 309 g/mol. The van der Waals surface area contributed by atoms with E-state index in [9.17, 15) is 4.79 Å². The number of hydrogen-bond donors (Lipinski definition) is 1. The Morgan fingerprint density at radius 2 is 1.91 bits per heavy atom. The molecule has 0 saturated heterocycles. The third-order valence-electron chi connectivity index (χ3n) is 3.72. The van der Waals surface area contributed by atoms with E-state index in [0.717, 1.165) is 11.3 Å². The molecule has 1 N–H and O–H groups in total. The van der Waals surface area contributed by atoms with Crippen LogP contribution in [0, 0.1) is 13.8 Å². The highest BCUT2D eigenvalue weighted by molar-refractivity contribution is 5.94. The van der Waals surface area contributed by atoms with Crippen molar-refractivity contribution in [2.24, 2.45) is 0 Å². The lowest BCUT2D eigenvalue weighted by Gasteiger charge is -2.17. The molecule has 0 fully saturated rings. The Bertz CT molecular complexity index is 689. The molecule has 3 nitrogen and oxygen atoms in total.